The number of hydrogen-bond acceptors (Lipinski definition) is 5. The van der Waals surface area contributed by atoms with Crippen LogP contribution >= 0.6 is 0 Å². The number of hydrogen-bond donors (Lipinski definition) is 2. The number of carbonyl (C=O) groups is 1. The SMILES string of the molecule is Cc1ccc(C(=O)Nc2cccc(C(F)(F)F)c2)cc1Nc1nc(-c2ccccc2)nc2c1cnn2C. The molecular weight excluding hydrogens is 481 g/mol. The first kappa shape index (κ1) is 24.0. The Balaban J connectivity index is 1.47. The van der Waals surface area contributed by atoms with Crippen molar-refractivity contribution in [3.05, 3.63) is 95.7 Å². The summed E-state index contributed by atoms with van der Waals surface area (Å²) in [6.07, 6.45) is -2.85. The lowest BCUT2D eigenvalue weighted by Crippen LogP contribution is -2.13. The van der Waals surface area contributed by atoms with Crippen molar-refractivity contribution >= 4 is 34.1 Å². The van der Waals surface area contributed by atoms with Crippen molar-refractivity contribution in [2.75, 3.05) is 10.6 Å². The maximum Gasteiger partial charge on any atom is 0.416 e. The highest BCUT2D eigenvalue weighted by Crippen LogP contribution is 2.31. The first-order valence-electron chi connectivity index (χ1n) is 11.3. The van der Waals surface area contributed by atoms with E-state index >= 15 is 0 Å². The molecule has 0 saturated heterocycles. The fourth-order valence-corrected chi connectivity index (χ4v) is 3.84. The third-order valence-electron chi connectivity index (χ3n) is 5.82. The van der Waals surface area contributed by atoms with Crippen LogP contribution in [0.15, 0.2) is 79.0 Å². The molecule has 186 valence electrons. The minimum Gasteiger partial charge on any atom is -0.339 e. The van der Waals surface area contributed by atoms with Gasteiger partial charge < -0.3 is 10.6 Å². The highest BCUT2D eigenvalue weighted by molar-refractivity contribution is 6.05. The van der Waals surface area contributed by atoms with Crippen molar-refractivity contribution < 1.29 is 18.0 Å². The number of fused-ring (bicyclic) bond motifs is 1. The first-order chi connectivity index (χ1) is 17.7. The summed E-state index contributed by atoms with van der Waals surface area (Å²) < 4.78 is 40.8. The molecule has 2 aromatic heterocycles. The predicted molar refractivity (Wildman–Crippen MR) is 136 cm³/mol. The lowest BCUT2D eigenvalue weighted by atomic mass is 10.1. The van der Waals surface area contributed by atoms with E-state index in [9.17, 15) is 18.0 Å². The van der Waals surface area contributed by atoms with Crippen LogP contribution in [-0.2, 0) is 13.2 Å². The summed E-state index contributed by atoms with van der Waals surface area (Å²) in [7, 11) is 1.79. The second kappa shape index (κ2) is 9.38. The summed E-state index contributed by atoms with van der Waals surface area (Å²) in [5.74, 6) is 0.479. The van der Waals surface area contributed by atoms with E-state index in [0.29, 0.717) is 28.4 Å². The molecule has 0 saturated carbocycles. The maximum absolute atomic E-state index is 13.0. The molecule has 0 aliphatic carbocycles. The number of aryl methyl sites for hydroxylation is 2. The fraction of sp³-hybridized carbons (Fsp3) is 0.111. The number of anilines is 3. The van der Waals surface area contributed by atoms with Crippen molar-refractivity contribution in [1.29, 1.82) is 0 Å². The Morgan fingerprint density at radius 3 is 2.49 bits per heavy atom. The van der Waals surface area contributed by atoms with E-state index in [1.807, 2.05) is 37.3 Å². The van der Waals surface area contributed by atoms with Crippen molar-refractivity contribution in [1.82, 2.24) is 19.7 Å². The molecular formula is C27H21F3N6O. The van der Waals surface area contributed by atoms with Crippen LogP contribution in [0.2, 0.25) is 0 Å². The second-order valence-electron chi connectivity index (χ2n) is 8.45. The number of carbonyl (C=O) groups excluding carboxylic acids is 1. The lowest BCUT2D eigenvalue weighted by molar-refractivity contribution is -0.137. The van der Waals surface area contributed by atoms with Crippen molar-refractivity contribution in [2.45, 2.75) is 13.1 Å². The van der Waals surface area contributed by atoms with Gasteiger partial charge in [-0.25, -0.2) is 9.97 Å². The van der Waals surface area contributed by atoms with E-state index in [2.05, 4.69) is 20.7 Å². The smallest absolute Gasteiger partial charge is 0.339 e. The number of amides is 1. The zero-order valence-corrected chi connectivity index (χ0v) is 19.8. The van der Waals surface area contributed by atoms with Gasteiger partial charge in [0.15, 0.2) is 11.5 Å². The average molecular weight is 503 g/mol. The van der Waals surface area contributed by atoms with Crippen molar-refractivity contribution in [3.63, 3.8) is 0 Å². The normalized spacial score (nSPS) is 11.5. The van der Waals surface area contributed by atoms with Gasteiger partial charge in [0.2, 0.25) is 0 Å². The summed E-state index contributed by atoms with van der Waals surface area (Å²) in [5.41, 5.74) is 2.40. The number of nitrogens with zero attached hydrogens (tertiary/aromatic N) is 4. The van der Waals surface area contributed by atoms with Gasteiger partial charge >= 0.3 is 6.18 Å². The monoisotopic (exact) mass is 502 g/mol. The minimum atomic E-state index is -4.50. The molecule has 10 heteroatoms. The molecule has 2 N–H and O–H groups in total. The number of benzene rings is 3. The van der Waals surface area contributed by atoms with Gasteiger partial charge in [0.05, 0.1) is 17.1 Å². The standard InChI is InChI=1S/C27H21F3N6O/c1-16-11-12-18(26(37)32-20-10-6-9-19(14-20)27(28,29)30)13-22(16)33-24-21-15-31-36(2)25(21)35-23(34-24)17-7-4-3-5-8-17/h3-15H,1-2H3,(H,32,37)(H,33,34,35). The lowest BCUT2D eigenvalue weighted by Gasteiger charge is -2.14. The van der Waals surface area contributed by atoms with Crippen LogP contribution < -0.4 is 10.6 Å². The molecule has 0 atom stereocenters. The zero-order chi connectivity index (χ0) is 26.2. The molecule has 0 radical (unpaired) electrons. The van der Waals surface area contributed by atoms with E-state index in [1.54, 1.807) is 36.1 Å². The van der Waals surface area contributed by atoms with E-state index < -0.39 is 17.6 Å². The molecule has 0 bridgehead atoms. The third-order valence-corrected chi connectivity index (χ3v) is 5.82. The van der Waals surface area contributed by atoms with Crippen LogP contribution in [-0.4, -0.2) is 25.7 Å². The van der Waals surface area contributed by atoms with E-state index in [1.165, 1.54) is 12.1 Å². The van der Waals surface area contributed by atoms with Gasteiger partial charge in [0.1, 0.15) is 5.82 Å². The first-order valence-corrected chi connectivity index (χ1v) is 11.3. The molecule has 0 aliphatic rings. The molecule has 3 aromatic carbocycles. The second-order valence-corrected chi connectivity index (χ2v) is 8.45. The highest BCUT2D eigenvalue weighted by atomic mass is 19.4. The Kier molecular flexibility index (Phi) is 6.08. The Labute approximate surface area is 210 Å². The van der Waals surface area contributed by atoms with Gasteiger partial charge in [-0.3, -0.25) is 9.48 Å². The third kappa shape index (κ3) is 4.99. The van der Waals surface area contributed by atoms with Crippen LogP contribution in [0.5, 0.6) is 0 Å². The van der Waals surface area contributed by atoms with Crippen molar-refractivity contribution in [3.8, 4) is 11.4 Å². The molecule has 5 aromatic rings. The van der Waals surface area contributed by atoms with E-state index in [4.69, 9.17) is 4.98 Å². The number of halogens is 3. The highest BCUT2D eigenvalue weighted by Gasteiger charge is 2.30. The number of nitrogens with one attached hydrogen (secondary N) is 2. The summed E-state index contributed by atoms with van der Waals surface area (Å²) in [6, 6.07) is 19.0. The molecule has 0 fully saturated rings. The van der Waals surface area contributed by atoms with Gasteiger partial charge in [0, 0.05) is 29.5 Å². The summed E-state index contributed by atoms with van der Waals surface area (Å²) in [6.45, 7) is 1.87. The van der Waals surface area contributed by atoms with Gasteiger partial charge in [0.25, 0.3) is 5.91 Å². The average Bonchev–Trinajstić information content (AvgIpc) is 3.26. The van der Waals surface area contributed by atoms with E-state index in [0.717, 1.165) is 23.3 Å². The molecule has 0 unspecified atom stereocenters. The molecule has 37 heavy (non-hydrogen) atoms. The molecule has 2 heterocycles. The minimum absolute atomic E-state index is 0.0512. The molecule has 7 nitrogen and oxygen atoms in total. The fourth-order valence-electron chi connectivity index (χ4n) is 3.84. The Bertz CT molecular complexity index is 1610. The van der Waals surface area contributed by atoms with Crippen LogP contribution in [0.3, 0.4) is 0 Å². The van der Waals surface area contributed by atoms with Crippen molar-refractivity contribution in [2.24, 2.45) is 7.05 Å². The van der Waals surface area contributed by atoms with Crippen LogP contribution in [0.25, 0.3) is 22.4 Å². The quantitative estimate of drug-likeness (QED) is 0.292. The number of rotatable bonds is 5. The van der Waals surface area contributed by atoms with Gasteiger partial charge in [-0.15, -0.1) is 0 Å². The van der Waals surface area contributed by atoms with Crippen LogP contribution in [0, 0.1) is 6.92 Å². The topological polar surface area (TPSA) is 84.7 Å². The largest absolute Gasteiger partial charge is 0.416 e. The van der Waals surface area contributed by atoms with Gasteiger partial charge in [-0.05, 0) is 42.8 Å². The molecule has 0 aliphatic heterocycles. The van der Waals surface area contributed by atoms with Crippen LogP contribution in [0.1, 0.15) is 21.5 Å². The molecule has 5 rings (SSSR count). The molecule has 0 spiro atoms. The molecule has 1 amide bonds. The number of aromatic nitrogens is 4. The maximum atomic E-state index is 13.0. The Morgan fingerprint density at radius 1 is 0.946 bits per heavy atom. The summed E-state index contributed by atoms with van der Waals surface area (Å²) in [4.78, 5) is 22.3. The van der Waals surface area contributed by atoms with Crippen LogP contribution in [0.4, 0.5) is 30.4 Å². The predicted octanol–water partition coefficient (Wildman–Crippen LogP) is 6.35. The summed E-state index contributed by atoms with van der Waals surface area (Å²) in [5, 5.41) is 10.8. The van der Waals surface area contributed by atoms with Gasteiger partial charge in [-0.1, -0.05) is 42.5 Å². The van der Waals surface area contributed by atoms with Gasteiger partial charge in [-0.2, -0.15) is 18.3 Å². The summed E-state index contributed by atoms with van der Waals surface area (Å²) >= 11 is 0. The Hall–Kier alpha value is -4.73. The zero-order valence-electron chi connectivity index (χ0n) is 19.8. The Morgan fingerprint density at radius 2 is 1.73 bits per heavy atom. The number of alkyl halides is 3. The van der Waals surface area contributed by atoms with E-state index in [-0.39, 0.29) is 11.3 Å².